The van der Waals surface area contributed by atoms with Crippen LogP contribution in [0.1, 0.15) is 12.8 Å². The third kappa shape index (κ3) is 4.18. The van der Waals surface area contributed by atoms with E-state index in [1.54, 1.807) is 18.2 Å². The number of anilines is 1. The highest BCUT2D eigenvalue weighted by Gasteiger charge is 2.26. The first-order chi connectivity index (χ1) is 7.40. The topological polar surface area (TPSA) is 35.2 Å². The van der Waals surface area contributed by atoms with Crippen molar-refractivity contribution in [3.63, 3.8) is 0 Å². The third-order valence-electron chi connectivity index (χ3n) is 1.85. The van der Waals surface area contributed by atoms with E-state index in [4.69, 9.17) is 22.1 Å². The minimum absolute atomic E-state index is 0.0621. The number of ether oxygens (including phenoxy) is 1. The lowest BCUT2D eigenvalue weighted by Gasteiger charge is -2.11. The number of halogens is 4. The van der Waals surface area contributed by atoms with Gasteiger partial charge in [0.2, 0.25) is 0 Å². The van der Waals surface area contributed by atoms with Gasteiger partial charge in [0.1, 0.15) is 0 Å². The fourth-order valence-corrected chi connectivity index (χ4v) is 1.36. The van der Waals surface area contributed by atoms with Crippen molar-refractivity contribution in [3.05, 3.63) is 23.2 Å². The molecule has 0 radical (unpaired) electrons. The SMILES string of the molecule is Nc1cccc(Cl)c1OCCCC(F)(F)F. The molecule has 0 amide bonds. The summed E-state index contributed by atoms with van der Waals surface area (Å²) in [6, 6.07) is 4.78. The second-order valence-electron chi connectivity index (χ2n) is 3.23. The van der Waals surface area contributed by atoms with Crippen LogP contribution in [0.3, 0.4) is 0 Å². The largest absolute Gasteiger partial charge is 0.490 e. The Morgan fingerprint density at radius 1 is 1.31 bits per heavy atom. The summed E-state index contributed by atoms with van der Waals surface area (Å²) < 4.78 is 40.6. The quantitative estimate of drug-likeness (QED) is 0.657. The number of hydrogen-bond donors (Lipinski definition) is 1. The van der Waals surface area contributed by atoms with E-state index in [2.05, 4.69) is 0 Å². The molecule has 16 heavy (non-hydrogen) atoms. The van der Waals surface area contributed by atoms with Gasteiger partial charge in [0.05, 0.1) is 17.3 Å². The molecule has 2 N–H and O–H groups in total. The first-order valence-electron chi connectivity index (χ1n) is 4.63. The number of benzene rings is 1. The first-order valence-corrected chi connectivity index (χ1v) is 5.01. The fraction of sp³-hybridized carbons (Fsp3) is 0.400. The molecule has 0 aromatic heterocycles. The number of rotatable bonds is 4. The van der Waals surface area contributed by atoms with Crippen LogP contribution in [0.5, 0.6) is 5.75 Å². The molecule has 0 saturated carbocycles. The van der Waals surface area contributed by atoms with Gasteiger partial charge in [0, 0.05) is 6.42 Å². The predicted molar refractivity (Wildman–Crippen MR) is 56.6 cm³/mol. The van der Waals surface area contributed by atoms with Gasteiger partial charge in [-0.05, 0) is 18.6 Å². The van der Waals surface area contributed by atoms with Crippen molar-refractivity contribution >= 4 is 17.3 Å². The predicted octanol–water partition coefficient (Wildman–Crippen LogP) is 3.64. The van der Waals surface area contributed by atoms with E-state index < -0.39 is 12.6 Å². The second-order valence-corrected chi connectivity index (χ2v) is 3.63. The summed E-state index contributed by atoms with van der Waals surface area (Å²) in [5, 5.41) is 0.298. The van der Waals surface area contributed by atoms with E-state index in [-0.39, 0.29) is 18.8 Å². The van der Waals surface area contributed by atoms with E-state index >= 15 is 0 Å². The Bertz CT molecular complexity index is 334. The highest BCUT2D eigenvalue weighted by atomic mass is 35.5. The molecule has 0 aliphatic heterocycles. The zero-order valence-electron chi connectivity index (χ0n) is 8.35. The van der Waals surface area contributed by atoms with E-state index in [1.165, 1.54) is 0 Å². The Morgan fingerprint density at radius 3 is 2.56 bits per heavy atom. The molecule has 2 nitrogen and oxygen atoms in total. The molecule has 0 unspecified atom stereocenters. The lowest BCUT2D eigenvalue weighted by Crippen LogP contribution is -2.10. The Morgan fingerprint density at radius 2 is 2.00 bits per heavy atom. The number of alkyl halides is 3. The first kappa shape index (κ1) is 13.0. The number of hydrogen-bond acceptors (Lipinski definition) is 2. The lowest BCUT2D eigenvalue weighted by molar-refractivity contribution is -0.136. The number of nitrogen functional groups attached to an aromatic ring is 1. The van der Waals surface area contributed by atoms with Crippen LogP contribution in [0, 0.1) is 0 Å². The average molecular weight is 254 g/mol. The molecule has 0 saturated heterocycles. The minimum atomic E-state index is -4.16. The molecule has 1 rings (SSSR count). The molecule has 0 aliphatic rings. The van der Waals surface area contributed by atoms with Crippen molar-refractivity contribution in [2.45, 2.75) is 19.0 Å². The normalized spacial score (nSPS) is 11.5. The van der Waals surface area contributed by atoms with Gasteiger partial charge in [-0.25, -0.2) is 0 Å². The van der Waals surface area contributed by atoms with Gasteiger partial charge in [0.25, 0.3) is 0 Å². The van der Waals surface area contributed by atoms with Crippen molar-refractivity contribution < 1.29 is 17.9 Å². The van der Waals surface area contributed by atoms with Gasteiger partial charge < -0.3 is 10.5 Å². The van der Waals surface area contributed by atoms with Crippen LogP contribution in [0.2, 0.25) is 5.02 Å². The van der Waals surface area contributed by atoms with Crippen LogP contribution < -0.4 is 10.5 Å². The average Bonchev–Trinajstić information content (AvgIpc) is 2.14. The Kier molecular flexibility index (Phi) is 4.29. The van der Waals surface area contributed by atoms with Crippen molar-refractivity contribution in [1.82, 2.24) is 0 Å². The summed E-state index contributed by atoms with van der Waals surface area (Å²) in [5.41, 5.74) is 5.88. The zero-order valence-corrected chi connectivity index (χ0v) is 9.11. The molecule has 0 heterocycles. The summed E-state index contributed by atoms with van der Waals surface area (Å²) in [6.45, 7) is -0.0621. The summed E-state index contributed by atoms with van der Waals surface area (Å²) in [7, 11) is 0. The molecule has 0 spiro atoms. The van der Waals surface area contributed by atoms with Gasteiger partial charge in [-0.1, -0.05) is 17.7 Å². The Hall–Kier alpha value is -1.10. The molecule has 0 bridgehead atoms. The van der Waals surface area contributed by atoms with E-state index in [9.17, 15) is 13.2 Å². The van der Waals surface area contributed by atoms with Gasteiger partial charge >= 0.3 is 6.18 Å². The molecule has 0 fully saturated rings. The molecule has 6 heteroatoms. The third-order valence-corrected chi connectivity index (χ3v) is 2.15. The second kappa shape index (κ2) is 5.30. The Balaban J connectivity index is 2.43. The summed E-state index contributed by atoms with van der Waals surface area (Å²) in [4.78, 5) is 0. The number of para-hydroxylation sites is 1. The maximum atomic E-state index is 11.8. The maximum absolute atomic E-state index is 11.8. The molecule has 90 valence electrons. The van der Waals surface area contributed by atoms with Crippen LogP contribution in [0.25, 0.3) is 0 Å². The highest BCUT2D eigenvalue weighted by Crippen LogP contribution is 2.31. The molecule has 1 aromatic carbocycles. The van der Waals surface area contributed by atoms with Crippen LogP contribution in [0.4, 0.5) is 18.9 Å². The monoisotopic (exact) mass is 253 g/mol. The zero-order chi connectivity index (χ0) is 12.2. The number of nitrogens with two attached hydrogens (primary N) is 1. The standard InChI is InChI=1S/C10H11ClF3NO/c11-7-3-1-4-8(15)9(7)16-6-2-5-10(12,13)14/h1,3-4H,2,5-6,15H2. The van der Waals surface area contributed by atoms with Crippen molar-refractivity contribution in [2.24, 2.45) is 0 Å². The van der Waals surface area contributed by atoms with Crippen LogP contribution in [-0.2, 0) is 0 Å². The van der Waals surface area contributed by atoms with Gasteiger partial charge in [-0.3, -0.25) is 0 Å². The van der Waals surface area contributed by atoms with E-state index in [1.807, 2.05) is 0 Å². The lowest BCUT2D eigenvalue weighted by atomic mass is 10.3. The van der Waals surface area contributed by atoms with Gasteiger partial charge in [-0.2, -0.15) is 13.2 Å². The fourth-order valence-electron chi connectivity index (χ4n) is 1.12. The molecular formula is C10H11ClF3NO. The highest BCUT2D eigenvalue weighted by molar-refractivity contribution is 6.32. The smallest absolute Gasteiger partial charge is 0.389 e. The Labute approximate surface area is 96.1 Å². The van der Waals surface area contributed by atoms with Crippen molar-refractivity contribution in [2.75, 3.05) is 12.3 Å². The summed E-state index contributed by atoms with van der Waals surface area (Å²) >= 11 is 5.77. The van der Waals surface area contributed by atoms with E-state index in [0.29, 0.717) is 10.7 Å². The van der Waals surface area contributed by atoms with Crippen molar-refractivity contribution in [3.8, 4) is 5.75 Å². The van der Waals surface area contributed by atoms with Crippen molar-refractivity contribution in [1.29, 1.82) is 0 Å². The molecule has 1 aromatic rings. The van der Waals surface area contributed by atoms with E-state index in [0.717, 1.165) is 0 Å². The van der Waals surface area contributed by atoms with Gasteiger partial charge in [-0.15, -0.1) is 0 Å². The maximum Gasteiger partial charge on any atom is 0.389 e. The summed E-state index contributed by atoms with van der Waals surface area (Å²) in [5.74, 6) is 0.242. The van der Waals surface area contributed by atoms with Crippen LogP contribution >= 0.6 is 11.6 Å². The molecule has 0 atom stereocenters. The molecular weight excluding hydrogens is 243 g/mol. The van der Waals surface area contributed by atoms with Crippen LogP contribution in [-0.4, -0.2) is 12.8 Å². The van der Waals surface area contributed by atoms with Crippen LogP contribution in [0.15, 0.2) is 18.2 Å². The summed E-state index contributed by atoms with van der Waals surface area (Å²) in [6.07, 6.45) is -5.15. The molecule has 0 aliphatic carbocycles. The van der Waals surface area contributed by atoms with Gasteiger partial charge in [0.15, 0.2) is 5.75 Å². The minimum Gasteiger partial charge on any atom is -0.490 e.